The van der Waals surface area contributed by atoms with Gasteiger partial charge in [-0.2, -0.15) is 0 Å². The number of nitrogens with zero attached hydrogens (tertiary/aromatic N) is 1. The molecule has 2 fully saturated rings. The van der Waals surface area contributed by atoms with Gasteiger partial charge >= 0.3 is 0 Å². The molecule has 0 aromatic carbocycles. The minimum absolute atomic E-state index is 0.141. The number of carbonyl (C=O) groups is 2. The lowest BCUT2D eigenvalue weighted by Gasteiger charge is -2.37. The Hall–Kier alpha value is -1.39. The summed E-state index contributed by atoms with van der Waals surface area (Å²) >= 11 is 0. The number of imide groups is 1. The van der Waals surface area contributed by atoms with Crippen molar-refractivity contribution in [2.24, 2.45) is 5.92 Å². The maximum Gasteiger partial charge on any atom is 0.249 e. The quantitative estimate of drug-likeness (QED) is 0.404. The van der Waals surface area contributed by atoms with E-state index in [2.05, 4.69) is 5.32 Å². The number of amides is 2. The first-order valence-corrected chi connectivity index (χ1v) is 6.28. The van der Waals surface area contributed by atoms with Crippen LogP contribution in [0.3, 0.4) is 0 Å². The van der Waals surface area contributed by atoms with Crippen LogP contribution in [0.2, 0.25) is 0 Å². The van der Waals surface area contributed by atoms with Gasteiger partial charge in [0.05, 0.1) is 6.54 Å². The van der Waals surface area contributed by atoms with Crippen LogP contribution in [0, 0.1) is 11.3 Å². The van der Waals surface area contributed by atoms with Gasteiger partial charge in [0.2, 0.25) is 11.8 Å². The molecule has 2 amide bonds. The summed E-state index contributed by atoms with van der Waals surface area (Å²) in [6.07, 6.45) is 5.55. The van der Waals surface area contributed by atoms with Crippen molar-refractivity contribution in [1.29, 1.82) is 5.41 Å². The molecule has 1 aliphatic carbocycles. The average Bonchev–Trinajstić information content (AvgIpc) is 2.34. The summed E-state index contributed by atoms with van der Waals surface area (Å²) in [7, 11) is 0. The van der Waals surface area contributed by atoms with Gasteiger partial charge in [-0.05, 0) is 19.8 Å². The molecule has 1 saturated carbocycles. The van der Waals surface area contributed by atoms with Gasteiger partial charge in [0, 0.05) is 5.92 Å². The Bertz CT molecular complexity index is 348. The van der Waals surface area contributed by atoms with Gasteiger partial charge in [-0.1, -0.05) is 19.3 Å². The molecule has 1 unspecified atom stereocenters. The molecule has 2 aliphatic rings. The Balaban J connectivity index is 2.06. The summed E-state index contributed by atoms with van der Waals surface area (Å²) < 4.78 is 0. The Morgan fingerprint density at radius 2 is 1.94 bits per heavy atom. The second-order valence-corrected chi connectivity index (χ2v) is 4.94. The van der Waals surface area contributed by atoms with E-state index in [1.54, 1.807) is 11.8 Å². The van der Waals surface area contributed by atoms with Crippen LogP contribution in [0.4, 0.5) is 0 Å². The molecule has 0 aromatic heterocycles. The molecule has 1 saturated heterocycles. The summed E-state index contributed by atoms with van der Waals surface area (Å²) in [4.78, 5) is 24.5. The van der Waals surface area contributed by atoms with Crippen LogP contribution in [0.1, 0.15) is 39.0 Å². The van der Waals surface area contributed by atoms with Gasteiger partial charge in [-0.3, -0.25) is 20.3 Å². The highest BCUT2D eigenvalue weighted by atomic mass is 16.2. The highest BCUT2D eigenvalue weighted by Crippen LogP contribution is 2.26. The monoisotopic (exact) mass is 237 g/mol. The normalized spacial score (nSPS) is 26.9. The zero-order valence-corrected chi connectivity index (χ0v) is 10.2. The standard InChI is InChI=1S/C12H19N3O2/c1-8-12(17)14-10(16)7-15(8)11(13)9-5-3-2-4-6-9/h8-9,13H,2-7H2,1H3,(H,14,16,17). The summed E-state index contributed by atoms with van der Waals surface area (Å²) in [5, 5.41) is 10.5. The highest BCUT2D eigenvalue weighted by molar-refractivity contribution is 6.04. The Morgan fingerprint density at radius 1 is 1.29 bits per heavy atom. The molecule has 0 spiro atoms. The van der Waals surface area contributed by atoms with Crippen LogP contribution in [0.25, 0.3) is 0 Å². The maximum atomic E-state index is 11.5. The number of rotatable bonds is 1. The van der Waals surface area contributed by atoms with Crippen LogP contribution < -0.4 is 5.32 Å². The largest absolute Gasteiger partial charge is 0.339 e. The van der Waals surface area contributed by atoms with Crippen molar-refractivity contribution < 1.29 is 9.59 Å². The molecular weight excluding hydrogens is 218 g/mol. The minimum atomic E-state index is -0.401. The van der Waals surface area contributed by atoms with E-state index in [4.69, 9.17) is 5.41 Å². The van der Waals surface area contributed by atoms with E-state index >= 15 is 0 Å². The van der Waals surface area contributed by atoms with Crippen molar-refractivity contribution in [3.63, 3.8) is 0 Å². The Kier molecular flexibility index (Phi) is 3.45. The van der Waals surface area contributed by atoms with E-state index < -0.39 is 6.04 Å². The Labute approximate surface area is 101 Å². The molecule has 2 rings (SSSR count). The first kappa shape index (κ1) is 12.1. The fourth-order valence-corrected chi connectivity index (χ4v) is 2.62. The van der Waals surface area contributed by atoms with Crippen LogP contribution in [0.5, 0.6) is 0 Å². The highest BCUT2D eigenvalue weighted by Gasteiger charge is 2.34. The molecule has 1 heterocycles. The van der Waals surface area contributed by atoms with Gasteiger partial charge in [-0.15, -0.1) is 0 Å². The topological polar surface area (TPSA) is 73.3 Å². The lowest BCUT2D eigenvalue weighted by Crippen LogP contribution is -2.59. The van der Waals surface area contributed by atoms with E-state index in [0.29, 0.717) is 5.84 Å². The number of hydrogen-bond donors (Lipinski definition) is 2. The predicted octanol–water partition coefficient (Wildman–Crippen LogP) is 0.891. The van der Waals surface area contributed by atoms with E-state index in [1.807, 2.05) is 0 Å². The van der Waals surface area contributed by atoms with Crippen molar-refractivity contribution in [2.75, 3.05) is 6.54 Å². The number of nitrogens with one attached hydrogen (secondary N) is 2. The summed E-state index contributed by atoms with van der Waals surface area (Å²) in [6, 6.07) is -0.401. The van der Waals surface area contributed by atoms with Crippen LogP contribution >= 0.6 is 0 Å². The van der Waals surface area contributed by atoms with Crippen LogP contribution in [-0.4, -0.2) is 35.1 Å². The molecule has 5 nitrogen and oxygen atoms in total. The van der Waals surface area contributed by atoms with Gasteiger partial charge in [0.15, 0.2) is 0 Å². The van der Waals surface area contributed by atoms with Crippen molar-refractivity contribution in [3.8, 4) is 0 Å². The second kappa shape index (κ2) is 4.85. The van der Waals surface area contributed by atoms with Gasteiger partial charge in [-0.25, -0.2) is 0 Å². The van der Waals surface area contributed by atoms with Crippen LogP contribution in [0.15, 0.2) is 0 Å². The summed E-state index contributed by atoms with van der Waals surface area (Å²) in [5.41, 5.74) is 0. The minimum Gasteiger partial charge on any atom is -0.339 e. The van der Waals surface area contributed by atoms with Crippen molar-refractivity contribution in [1.82, 2.24) is 10.2 Å². The predicted molar refractivity (Wildman–Crippen MR) is 63.6 cm³/mol. The first-order chi connectivity index (χ1) is 8.09. The SMILES string of the molecule is CC1C(=O)NC(=O)CN1C(=N)C1CCCCC1. The smallest absolute Gasteiger partial charge is 0.249 e. The summed E-state index contributed by atoms with van der Waals surface area (Å²) in [6.45, 7) is 1.89. The lowest BCUT2D eigenvalue weighted by molar-refractivity contribution is -0.137. The molecule has 2 N–H and O–H groups in total. The average molecular weight is 237 g/mol. The Morgan fingerprint density at radius 3 is 2.59 bits per heavy atom. The van der Waals surface area contributed by atoms with Crippen molar-refractivity contribution in [2.45, 2.75) is 45.1 Å². The van der Waals surface area contributed by atoms with Crippen molar-refractivity contribution >= 4 is 17.6 Å². The third-order valence-electron chi connectivity index (χ3n) is 3.72. The van der Waals surface area contributed by atoms with Gasteiger partial charge in [0.1, 0.15) is 11.9 Å². The zero-order valence-electron chi connectivity index (χ0n) is 10.2. The summed E-state index contributed by atoms with van der Waals surface area (Å²) in [5.74, 6) is 0.112. The molecule has 17 heavy (non-hydrogen) atoms. The maximum absolute atomic E-state index is 11.5. The molecular formula is C12H19N3O2. The molecule has 0 bridgehead atoms. The number of hydrogen-bond acceptors (Lipinski definition) is 3. The number of carbonyl (C=O) groups excluding carboxylic acids is 2. The van der Waals surface area contributed by atoms with Gasteiger partial charge in [0.25, 0.3) is 0 Å². The number of amidine groups is 1. The number of piperazine rings is 1. The molecule has 94 valence electrons. The first-order valence-electron chi connectivity index (χ1n) is 6.28. The zero-order chi connectivity index (χ0) is 12.4. The molecule has 5 heteroatoms. The van der Waals surface area contributed by atoms with Crippen LogP contribution in [-0.2, 0) is 9.59 Å². The van der Waals surface area contributed by atoms with E-state index in [9.17, 15) is 9.59 Å². The third-order valence-corrected chi connectivity index (χ3v) is 3.72. The van der Waals surface area contributed by atoms with E-state index in [0.717, 1.165) is 25.7 Å². The second-order valence-electron chi connectivity index (χ2n) is 4.94. The molecule has 1 atom stereocenters. The van der Waals surface area contributed by atoms with Gasteiger partial charge < -0.3 is 4.90 Å². The third kappa shape index (κ3) is 2.48. The molecule has 1 aliphatic heterocycles. The fourth-order valence-electron chi connectivity index (χ4n) is 2.62. The lowest BCUT2D eigenvalue weighted by atomic mass is 9.87. The van der Waals surface area contributed by atoms with E-state index in [-0.39, 0.29) is 24.3 Å². The molecule has 0 radical (unpaired) electrons. The van der Waals surface area contributed by atoms with E-state index in [1.165, 1.54) is 6.42 Å². The fraction of sp³-hybridized carbons (Fsp3) is 0.750. The van der Waals surface area contributed by atoms with Crippen molar-refractivity contribution in [3.05, 3.63) is 0 Å². The molecule has 0 aromatic rings.